The van der Waals surface area contributed by atoms with Gasteiger partial charge in [0, 0.05) is 0 Å². The van der Waals surface area contributed by atoms with E-state index in [9.17, 15) is 4.79 Å². The molecule has 0 unspecified atom stereocenters. The zero-order valence-corrected chi connectivity index (χ0v) is 7.70. The van der Waals surface area contributed by atoms with Crippen molar-refractivity contribution in [2.24, 2.45) is 0 Å². The first kappa shape index (κ1) is 9.52. The van der Waals surface area contributed by atoms with Gasteiger partial charge in [-0.1, -0.05) is 12.1 Å². The Morgan fingerprint density at radius 1 is 1.38 bits per heavy atom. The van der Waals surface area contributed by atoms with E-state index in [-0.39, 0.29) is 0 Å². The molecule has 0 saturated heterocycles. The van der Waals surface area contributed by atoms with Crippen LogP contribution in [0, 0.1) is 0 Å². The molecule has 0 saturated carbocycles. The van der Waals surface area contributed by atoms with Gasteiger partial charge in [-0.25, -0.2) is 0 Å². The van der Waals surface area contributed by atoms with Crippen molar-refractivity contribution in [1.29, 1.82) is 0 Å². The van der Waals surface area contributed by atoms with Crippen LogP contribution >= 0.6 is 0 Å². The fraction of sp³-hybridized carbons (Fsp3) is 0.182. The van der Waals surface area contributed by atoms with Gasteiger partial charge in [0.2, 0.25) is 6.29 Å². The van der Waals surface area contributed by atoms with Gasteiger partial charge in [-0.3, -0.25) is 4.79 Å². The van der Waals surface area contributed by atoms with Crippen LogP contribution < -0.4 is 4.74 Å². The molecule has 0 atom stereocenters. The Labute approximate surface area is 77.8 Å². The summed E-state index contributed by atoms with van der Waals surface area (Å²) in [5.74, 6) is 0.812. The summed E-state index contributed by atoms with van der Waals surface area (Å²) in [5, 5.41) is 0. The zero-order valence-electron chi connectivity index (χ0n) is 7.70. The maximum absolute atomic E-state index is 10.1. The number of hydrogen-bond acceptors (Lipinski definition) is 2. The van der Waals surface area contributed by atoms with Crippen molar-refractivity contribution in [3.63, 3.8) is 0 Å². The van der Waals surface area contributed by atoms with Gasteiger partial charge in [-0.15, -0.1) is 0 Å². The number of rotatable bonds is 3. The molecule has 1 rings (SSSR count). The molecule has 1 radical (unpaired) electrons. The van der Waals surface area contributed by atoms with E-state index in [1.54, 1.807) is 13.4 Å². The fourth-order valence-electron chi connectivity index (χ4n) is 1.03. The molecule has 0 heterocycles. The van der Waals surface area contributed by atoms with Crippen LogP contribution in [0.2, 0.25) is 0 Å². The number of benzene rings is 1. The third kappa shape index (κ3) is 2.44. The topological polar surface area (TPSA) is 26.3 Å². The second kappa shape index (κ2) is 4.45. The predicted molar refractivity (Wildman–Crippen MR) is 52.3 cm³/mol. The Morgan fingerprint density at radius 2 is 2.00 bits per heavy atom. The molecule has 0 aliphatic carbocycles. The van der Waals surface area contributed by atoms with E-state index in [0.717, 1.165) is 16.9 Å². The van der Waals surface area contributed by atoms with E-state index in [1.807, 2.05) is 31.2 Å². The Balaban J connectivity index is 2.91. The van der Waals surface area contributed by atoms with Gasteiger partial charge in [0.05, 0.1) is 7.11 Å². The first-order valence-corrected chi connectivity index (χ1v) is 3.97. The lowest BCUT2D eigenvalue weighted by Crippen LogP contribution is -1.84. The van der Waals surface area contributed by atoms with Crippen LogP contribution in [0.25, 0.3) is 5.57 Å². The van der Waals surface area contributed by atoms with Crippen molar-refractivity contribution in [2.75, 3.05) is 7.11 Å². The van der Waals surface area contributed by atoms with Gasteiger partial charge < -0.3 is 4.74 Å². The molecule has 67 valence electrons. The smallest absolute Gasteiger partial charge is 0.225 e. The third-order valence-electron chi connectivity index (χ3n) is 1.82. The molecule has 13 heavy (non-hydrogen) atoms. The van der Waals surface area contributed by atoms with Crippen LogP contribution in [0.4, 0.5) is 0 Å². The normalized spacial score (nSPS) is 11.1. The second-order valence-corrected chi connectivity index (χ2v) is 2.67. The molecule has 0 amide bonds. The van der Waals surface area contributed by atoms with Gasteiger partial charge in [-0.05, 0) is 36.3 Å². The highest BCUT2D eigenvalue weighted by atomic mass is 16.5. The monoisotopic (exact) mass is 175 g/mol. The zero-order chi connectivity index (χ0) is 9.68. The van der Waals surface area contributed by atoms with Crippen LogP contribution in [0.3, 0.4) is 0 Å². The van der Waals surface area contributed by atoms with Crippen molar-refractivity contribution < 1.29 is 9.53 Å². The van der Waals surface area contributed by atoms with Crippen molar-refractivity contribution in [3.8, 4) is 5.75 Å². The first-order chi connectivity index (χ1) is 6.27. The van der Waals surface area contributed by atoms with Crippen molar-refractivity contribution in [2.45, 2.75) is 6.92 Å². The molecule has 0 spiro atoms. The highest BCUT2D eigenvalue weighted by Crippen LogP contribution is 2.17. The lowest BCUT2D eigenvalue weighted by Gasteiger charge is -2.02. The van der Waals surface area contributed by atoms with Gasteiger partial charge in [0.15, 0.2) is 0 Å². The van der Waals surface area contributed by atoms with Crippen molar-refractivity contribution >= 4 is 11.9 Å². The molecule has 0 aromatic heterocycles. The van der Waals surface area contributed by atoms with E-state index in [1.165, 1.54) is 6.08 Å². The molecular formula is C11H11O2. The summed E-state index contributed by atoms with van der Waals surface area (Å²) in [4.78, 5) is 10.1. The molecule has 0 bridgehead atoms. The molecular weight excluding hydrogens is 164 g/mol. The number of allylic oxidation sites excluding steroid dienone is 2. The van der Waals surface area contributed by atoms with E-state index < -0.39 is 0 Å². The van der Waals surface area contributed by atoms with E-state index in [2.05, 4.69) is 0 Å². The van der Waals surface area contributed by atoms with Crippen LogP contribution in [-0.4, -0.2) is 13.4 Å². The average molecular weight is 175 g/mol. The summed E-state index contributed by atoms with van der Waals surface area (Å²) in [6, 6.07) is 7.53. The van der Waals surface area contributed by atoms with Gasteiger partial charge in [0.25, 0.3) is 0 Å². The van der Waals surface area contributed by atoms with E-state index in [4.69, 9.17) is 4.74 Å². The third-order valence-corrected chi connectivity index (χ3v) is 1.82. The summed E-state index contributed by atoms with van der Waals surface area (Å²) in [7, 11) is 1.62. The summed E-state index contributed by atoms with van der Waals surface area (Å²) in [6.07, 6.45) is 3.17. The molecule has 1 aromatic carbocycles. The van der Waals surface area contributed by atoms with Crippen LogP contribution in [0.15, 0.2) is 30.3 Å². The highest BCUT2D eigenvalue weighted by molar-refractivity contribution is 5.81. The molecule has 0 fully saturated rings. The van der Waals surface area contributed by atoms with Gasteiger partial charge in [-0.2, -0.15) is 0 Å². The predicted octanol–water partition coefficient (Wildman–Crippen LogP) is 2.21. The molecule has 0 N–H and O–H groups in total. The lowest BCUT2D eigenvalue weighted by molar-refractivity contribution is 0.415. The van der Waals surface area contributed by atoms with Crippen LogP contribution in [0.5, 0.6) is 5.75 Å². The average Bonchev–Trinajstić information content (AvgIpc) is 2.18. The Morgan fingerprint density at radius 3 is 2.46 bits per heavy atom. The Hall–Kier alpha value is -1.57. The highest BCUT2D eigenvalue weighted by Gasteiger charge is 1.95. The number of carbonyl (C=O) groups excluding carboxylic acids is 1. The minimum Gasteiger partial charge on any atom is -0.497 e. The molecule has 1 aromatic rings. The second-order valence-electron chi connectivity index (χ2n) is 2.67. The SMILES string of the molecule is COc1ccc(C(C)=C[C]=O)cc1. The van der Waals surface area contributed by atoms with Crippen molar-refractivity contribution in [1.82, 2.24) is 0 Å². The number of ether oxygens (including phenoxy) is 1. The van der Waals surface area contributed by atoms with E-state index in [0.29, 0.717) is 0 Å². The van der Waals surface area contributed by atoms with Crippen LogP contribution in [-0.2, 0) is 4.79 Å². The quantitative estimate of drug-likeness (QED) is 0.658. The molecule has 0 aliphatic rings. The minimum absolute atomic E-state index is 0.812. The van der Waals surface area contributed by atoms with E-state index >= 15 is 0 Å². The maximum atomic E-state index is 10.1. The van der Waals surface area contributed by atoms with Crippen molar-refractivity contribution in [3.05, 3.63) is 35.9 Å². The Bertz CT molecular complexity index is 309. The number of methoxy groups -OCH3 is 1. The Kier molecular flexibility index (Phi) is 3.26. The molecule has 0 aliphatic heterocycles. The fourth-order valence-corrected chi connectivity index (χ4v) is 1.03. The van der Waals surface area contributed by atoms with Gasteiger partial charge >= 0.3 is 0 Å². The summed E-state index contributed by atoms with van der Waals surface area (Å²) in [5.41, 5.74) is 1.90. The van der Waals surface area contributed by atoms with Crippen LogP contribution in [0.1, 0.15) is 12.5 Å². The maximum Gasteiger partial charge on any atom is 0.225 e. The minimum atomic E-state index is 0.812. The summed E-state index contributed by atoms with van der Waals surface area (Å²) >= 11 is 0. The largest absolute Gasteiger partial charge is 0.497 e. The lowest BCUT2D eigenvalue weighted by atomic mass is 10.1. The summed E-state index contributed by atoms with van der Waals surface area (Å²) < 4.78 is 5.01. The number of hydrogen-bond donors (Lipinski definition) is 0. The summed E-state index contributed by atoms with van der Waals surface area (Å²) in [6.45, 7) is 1.87. The molecule has 2 heteroatoms. The standard InChI is InChI=1S/C11H11O2/c1-9(7-8-12)10-3-5-11(13-2)6-4-10/h3-7H,1-2H3. The van der Waals surface area contributed by atoms with Gasteiger partial charge in [0.1, 0.15) is 5.75 Å². The molecule has 2 nitrogen and oxygen atoms in total. The first-order valence-electron chi connectivity index (χ1n) is 3.97.